The van der Waals surface area contributed by atoms with Crippen LogP contribution in [0.4, 0.5) is 0 Å². The van der Waals surface area contributed by atoms with E-state index in [0.29, 0.717) is 13.0 Å². The normalized spacial score (nSPS) is 30.2. The van der Waals surface area contributed by atoms with Gasteiger partial charge in [-0.2, -0.15) is 0 Å². The van der Waals surface area contributed by atoms with Gasteiger partial charge in [0.25, 0.3) is 0 Å². The molecule has 0 aromatic rings. The predicted octanol–water partition coefficient (Wildman–Crippen LogP) is 0.645. The van der Waals surface area contributed by atoms with Gasteiger partial charge in [-0.25, -0.2) is 0 Å². The molecule has 1 heterocycles. The van der Waals surface area contributed by atoms with Crippen LogP contribution in [0.25, 0.3) is 0 Å². The molecule has 0 bridgehead atoms. The van der Waals surface area contributed by atoms with Gasteiger partial charge in [-0.15, -0.1) is 11.8 Å². The molecule has 1 saturated heterocycles. The Hall–Kier alpha value is -0.220. The van der Waals surface area contributed by atoms with Crippen molar-refractivity contribution in [2.45, 2.75) is 30.4 Å². The van der Waals surface area contributed by atoms with Crippen molar-refractivity contribution in [3.8, 4) is 0 Å². The minimum absolute atomic E-state index is 0.0126. The van der Waals surface area contributed by atoms with E-state index in [9.17, 15) is 4.79 Å². The highest BCUT2D eigenvalue weighted by Gasteiger charge is 2.31. The van der Waals surface area contributed by atoms with Gasteiger partial charge in [0.1, 0.15) is 0 Å². The second kappa shape index (κ2) is 3.26. The summed E-state index contributed by atoms with van der Waals surface area (Å²) in [6, 6.07) is 0. The van der Waals surface area contributed by atoms with E-state index in [2.05, 4.69) is 13.8 Å². The smallest absolute Gasteiger partial charge is 0.223 e. The highest BCUT2D eigenvalue weighted by Crippen LogP contribution is 2.33. The molecule has 1 aliphatic rings. The van der Waals surface area contributed by atoms with Gasteiger partial charge in [0.15, 0.2) is 0 Å². The van der Waals surface area contributed by atoms with Crippen LogP contribution in [0.5, 0.6) is 0 Å². The van der Waals surface area contributed by atoms with Gasteiger partial charge >= 0.3 is 0 Å². The first-order valence-electron chi connectivity index (χ1n) is 4.08. The van der Waals surface area contributed by atoms with Crippen molar-refractivity contribution in [2.24, 2.45) is 5.73 Å². The Balaban J connectivity index is 2.73. The SMILES string of the molecule is CN1CC(N)SC(C)(C)CC1=O. The first-order chi connectivity index (χ1) is 5.41. The third-order valence-corrected chi connectivity index (χ3v) is 3.16. The molecule has 4 heteroatoms. The van der Waals surface area contributed by atoms with Crippen molar-refractivity contribution in [3.63, 3.8) is 0 Å². The standard InChI is InChI=1S/C8H16N2OS/c1-8(2)4-7(11)10(3)5-6(9)12-8/h6H,4-5,9H2,1-3H3. The molecule has 3 nitrogen and oxygen atoms in total. The Morgan fingerprint density at radius 2 is 2.25 bits per heavy atom. The number of thioether (sulfide) groups is 1. The van der Waals surface area contributed by atoms with Crippen molar-refractivity contribution in [3.05, 3.63) is 0 Å². The average Bonchev–Trinajstić information content (AvgIpc) is 1.89. The maximum Gasteiger partial charge on any atom is 0.223 e. The summed E-state index contributed by atoms with van der Waals surface area (Å²) in [5.41, 5.74) is 5.83. The third kappa shape index (κ3) is 2.38. The first-order valence-corrected chi connectivity index (χ1v) is 4.96. The summed E-state index contributed by atoms with van der Waals surface area (Å²) in [7, 11) is 1.81. The van der Waals surface area contributed by atoms with Crippen LogP contribution in [0.3, 0.4) is 0 Å². The minimum atomic E-state index is -0.0126. The minimum Gasteiger partial charge on any atom is -0.343 e. The second-order valence-corrected chi connectivity index (χ2v) is 5.81. The third-order valence-electron chi connectivity index (χ3n) is 1.93. The Morgan fingerprint density at radius 3 is 2.83 bits per heavy atom. The molecule has 1 amide bonds. The first kappa shape index (κ1) is 9.86. The zero-order chi connectivity index (χ0) is 9.35. The lowest BCUT2D eigenvalue weighted by Gasteiger charge is -2.21. The second-order valence-electron chi connectivity index (χ2n) is 3.87. The molecule has 70 valence electrons. The van der Waals surface area contributed by atoms with E-state index in [1.54, 1.807) is 16.7 Å². The van der Waals surface area contributed by atoms with Crippen LogP contribution in [-0.4, -0.2) is 34.5 Å². The van der Waals surface area contributed by atoms with Gasteiger partial charge in [-0.05, 0) is 0 Å². The largest absolute Gasteiger partial charge is 0.343 e. The van der Waals surface area contributed by atoms with Gasteiger partial charge in [0.2, 0.25) is 5.91 Å². The molecule has 0 aromatic heterocycles. The quantitative estimate of drug-likeness (QED) is 0.607. The van der Waals surface area contributed by atoms with E-state index in [1.807, 2.05) is 7.05 Å². The highest BCUT2D eigenvalue weighted by atomic mass is 32.2. The van der Waals surface area contributed by atoms with Crippen molar-refractivity contribution in [1.82, 2.24) is 4.90 Å². The van der Waals surface area contributed by atoms with Crippen LogP contribution in [0.1, 0.15) is 20.3 Å². The number of nitrogens with zero attached hydrogens (tertiary/aromatic N) is 1. The number of hydrogen-bond donors (Lipinski definition) is 1. The fraction of sp³-hybridized carbons (Fsp3) is 0.875. The molecule has 1 rings (SSSR count). The molecule has 0 aliphatic carbocycles. The fourth-order valence-corrected chi connectivity index (χ4v) is 2.68. The van der Waals surface area contributed by atoms with Crippen LogP contribution in [0, 0.1) is 0 Å². The van der Waals surface area contributed by atoms with Gasteiger partial charge in [-0.3, -0.25) is 4.79 Å². The molecule has 2 N–H and O–H groups in total. The lowest BCUT2D eigenvalue weighted by atomic mass is 10.1. The number of carbonyl (C=O) groups is 1. The van der Waals surface area contributed by atoms with E-state index in [-0.39, 0.29) is 16.0 Å². The monoisotopic (exact) mass is 188 g/mol. The highest BCUT2D eigenvalue weighted by molar-refractivity contribution is 8.01. The van der Waals surface area contributed by atoms with Crippen molar-refractivity contribution < 1.29 is 4.79 Å². The number of likely N-dealkylation sites (N-methyl/N-ethyl adjacent to an activating group) is 1. The lowest BCUT2D eigenvalue weighted by Crippen LogP contribution is -2.34. The number of carbonyl (C=O) groups excluding carboxylic acids is 1. The molecule has 1 aliphatic heterocycles. The van der Waals surface area contributed by atoms with Crippen molar-refractivity contribution in [1.29, 1.82) is 0 Å². The summed E-state index contributed by atoms with van der Waals surface area (Å²) >= 11 is 1.69. The van der Waals surface area contributed by atoms with Gasteiger partial charge < -0.3 is 10.6 Å². The van der Waals surface area contributed by atoms with Crippen LogP contribution < -0.4 is 5.73 Å². The summed E-state index contributed by atoms with van der Waals surface area (Å²) < 4.78 is -0.0126. The van der Waals surface area contributed by atoms with Crippen molar-refractivity contribution >= 4 is 17.7 Å². The molecule has 0 saturated carbocycles. The molecule has 0 radical (unpaired) electrons. The van der Waals surface area contributed by atoms with Crippen LogP contribution in [0.15, 0.2) is 0 Å². The molecular weight excluding hydrogens is 172 g/mol. The number of rotatable bonds is 0. The maximum absolute atomic E-state index is 11.4. The Kier molecular flexibility index (Phi) is 2.68. The van der Waals surface area contributed by atoms with Gasteiger partial charge in [0, 0.05) is 24.8 Å². The number of hydrogen-bond acceptors (Lipinski definition) is 3. The Labute approximate surface area is 77.7 Å². The molecule has 0 spiro atoms. The van der Waals surface area contributed by atoms with E-state index in [4.69, 9.17) is 5.73 Å². The maximum atomic E-state index is 11.4. The van der Waals surface area contributed by atoms with E-state index < -0.39 is 0 Å². The molecule has 0 aromatic carbocycles. The Morgan fingerprint density at radius 1 is 1.67 bits per heavy atom. The zero-order valence-electron chi connectivity index (χ0n) is 7.83. The Bertz CT molecular complexity index is 193. The molecular formula is C8H16N2OS. The topological polar surface area (TPSA) is 46.3 Å². The molecule has 1 atom stereocenters. The number of amides is 1. The van der Waals surface area contributed by atoms with Crippen LogP contribution in [-0.2, 0) is 4.79 Å². The van der Waals surface area contributed by atoms with Crippen molar-refractivity contribution in [2.75, 3.05) is 13.6 Å². The van der Waals surface area contributed by atoms with E-state index >= 15 is 0 Å². The van der Waals surface area contributed by atoms with Crippen LogP contribution in [0.2, 0.25) is 0 Å². The molecule has 1 fully saturated rings. The lowest BCUT2D eigenvalue weighted by molar-refractivity contribution is -0.130. The zero-order valence-corrected chi connectivity index (χ0v) is 8.65. The van der Waals surface area contributed by atoms with E-state index in [0.717, 1.165) is 0 Å². The predicted molar refractivity (Wildman–Crippen MR) is 51.9 cm³/mol. The summed E-state index contributed by atoms with van der Waals surface area (Å²) in [4.78, 5) is 13.1. The summed E-state index contributed by atoms with van der Waals surface area (Å²) in [6.45, 7) is 4.79. The molecule has 1 unspecified atom stereocenters. The van der Waals surface area contributed by atoms with Gasteiger partial charge in [0.05, 0.1) is 5.37 Å². The summed E-state index contributed by atoms with van der Waals surface area (Å²) in [5, 5.41) is 0.0523. The average molecular weight is 188 g/mol. The molecule has 12 heavy (non-hydrogen) atoms. The fourth-order valence-electron chi connectivity index (χ4n) is 1.36. The van der Waals surface area contributed by atoms with Crippen LogP contribution >= 0.6 is 11.8 Å². The van der Waals surface area contributed by atoms with Gasteiger partial charge in [-0.1, -0.05) is 13.8 Å². The number of nitrogens with two attached hydrogens (primary N) is 1. The summed E-state index contributed by atoms with van der Waals surface area (Å²) in [6.07, 6.45) is 0.585. The summed E-state index contributed by atoms with van der Waals surface area (Å²) in [5.74, 6) is 0.195. The van der Waals surface area contributed by atoms with E-state index in [1.165, 1.54) is 0 Å².